The van der Waals surface area contributed by atoms with E-state index in [0.717, 1.165) is 25.1 Å². The molecule has 0 aromatic heterocycles. The van der Waals surface area contributed by atoms with E-state index in [9.17, 15) is 0 Å². The van der Waals surface area contributed by atoms with Crippen LogP contribution in [0.4, 0.5) is 5.69 Å². The summed E-state index contributed by atoms with van der Waals surface area (Å²) in [7, 11) is 0. The zero-order chi connectivity index (χ0) is 13.7. The van der Waals surface area contributed by atoms with Gasteiger partial charge in [-0.3, -0.25) is 0 Å². The van der Waals surface area contributed by atoms with Crippen LogP contribution in [0.2, 0.25) is 0 Å². The molecular weight excluding hydrogens is 234 g/mol. The van der Waals surface area contributed by atoms with Crippen LogP contribution >= 0.6 is 0 Å². The van der Waals surface area contributed by atoms with E-state index in [1.807, 2.05) is 12.1 Å². The van der Waals surface area contributed by atoms with Crippen molar-refractivity contribution in [2.75, 3.05) is 12.3 Å². The van der Waals surface area contributed by atoms with Gasteiger partial charge < -0.3 is 10.5 Å². The Balaban J connectivity index is 1.61. The van der Waals surface area contributed by atoms with Crippen LogP contribution in [0.5, 0.6) is 0 Å². The molecule has 0 saturated heterocycles. The zero-order valence-electron chi connectivity index (χ0n) is 12.3. The number of rotatable bonds is 5. The van der Waals surface area contributed by atoms with Crippen molar-refractivity contribution in [1.82, 2.24) is 0 Å². The van der Waals surface area contributed by atoms with Gasteiger partial charge in [0.1, 0.15) is 0 Å². The molecule has 0 radical (unpaired) electrons. The van der Waals surface area contributed by atoms with Crippen molar-refractivity contribution >= 4 is 5.69 Å². The van der Waals surface area contributed by atoms with Gasteiger partial charge in [0, 0.05) is 12.3 Å². The number of benzene rings is 1. The minimum Gasteiger partial charge on any atom is -0.399 e. The summed E-state index contributed by atoms with van der Waals surface area (Å²) < 4.78 is 6.00. The SMILES string of the molecule is CC1(C)CCC(OCCCc2ccc(N)cc2)CC1. The molecule has 0 heterocycles. The van der Waals surface area contributed by atoms with Crippen molar-refractivity contribution in [2.45, 2.75) is 58.5 Å². The molecule has 0 spiro atoms. The third kappa shape index (κ3) is 4.87. The maximum atomic E-state index is 6.00. The molecule has 1 aliphatic carbocycles. The summed E-state index contributed by atoms with van der Waals surface area (Å²) in [4.78, 5) is 0. The van der Waals surface area contributed by atoms with E-state index in [4.69, 9.17) is 10.5 Å². The van der Waals surface area contributed by atoms with Crippen molar-refractivity contribution in [2.24, 2.45) is 5.41 Å². The summed E-state index contributed by atoms with van der Waals surface area (Å²) in [6.45, 7) is 5.62. The second-order valence-electron chi connectivity index (χ2n) is 6.58. The summed E-state index contributed by atoms with van der Waals surface area (Å²) in [5.41, 5.74) is 8.40. The molecule has 1 aromatic carbocycles. The van der Waals surface area contributed by atoms with Crippen molar-refractivity contribution in [3.63, 3.8) is 0 Å². The number of ether oxygens (including phenoxy) is 1. The highest BCUT2D eigenvalue weighted by atomic mass is 16.5. The molecule has 0 bridgehead atoms. The van der Waals surface area contributed by atoms with Crippen LogP contribution in [0.25, 0.3) is 0 Å². The first kappa shape index (κ1) is 14.4. The van der Waals surface area contributed by atoms with Gasteiger partial charge in [-0.2, -0.15) is 0 Å². The summed E-state index contributed by atoms with van der Waals surface area (Å²) in [6, 6.07) is 8.16. The number of aryl methyl sites for hydroxylation is 1. The Bertz CT molecular complexity index is 373. The van der Waals surface area contributed by atoms with Gasteiger partial charge in [0.25, 0.3) is 0 Å². The van der Waals surface area contributed by atoms with Crippen LogP contribution in [0.15, 0.2) is 24.3 Å². The van der Waals surface area contributed by atoms with E-state index in [0.29, 0.717) is 11.5 Å². The number of anilines is 1. The lowest BCUT2D eigenvalue weighted by molar-refractivity contribution is 0.00350. The average molecular weight is 261 g/mol. The zero-order valence-corrected chi connectivity index (χ0v) is 12.3. The highest BCUT2D eigenvalue weighted by Crippen LogP contribution is 2.36. The van der Waals surface area contributed by atoms with Crippen LogP contribution in [0, 0.1) is 5.41 Å². The van der Waals surface area contributed by atoms with Gasteiger partial charge in [-0.05, 0) is 61.6 Å². The number of nitrogen functional groups attached to an aromatic ring is 1. The second kappa shape index (κ2) is 6.42. The largest absolute Gasteiger partial charge is 0.399 e. The maximum Gasteiger partial charge on any atom is 0.0575 e. The van der Waals surface area contributed by atoms with Crippen LogP contribution in [0.3, 0.4) is 0 Å². The van der Waals surface area contributed by atoms with Crippen molar-refractivity contribution in [3.05, 3.63) is 29.8 Å². The summed E-state index contributed by atoms with van der Waals surface area (Å²) >= 11 is 0. The third-order valence-corrected chi connectivity index (χ3v) is 4.23. The van der Waals surface area contributed by atoms with Gasteiger partial charge in [-0.15, -0.1) is 0 Å². The lowest BCUT2D eigenvalue weighted by Crippen LogP contribution is -2.26. The standard InChI is InChI=1S/C17H27NO/c1-17(2)11-9-16(10-12-17)19-13-3-4-14-5-7-15(18)8-6-14/h5-8,16H,3-4,9-13,18H2,1-2H3. The summed E-state index contributed by atoms with van der Waals surface area (Å²) in [5, 5.41) is 0. The Morgan fingerprint density at radius 3 is 2.42 bits per heavy atom. The molecule has 2 N–H and O–H groups in total. The third-order valence-electron chi connectivity index (χ3n) is 4.23. The minimum absolute atomic E-state index is 0.499. The Morgan fingerprint density at radius 1 is 1.16 bits per heavy atom. The van der Waals surface area contributed by atoms with Crippen LogP contribution in [-0.2, 0) is 11.2 Å². The Labute approximate surface area is 117 Å². The second-order valence-corrected chi connectivity index (χ2v) is 6.58. The first-order valence-electron chi connectivity index (χ1n) is 7.51. The van der Waals surface area contributed by atoms with E-state index in [1.54, 1.807) is 0 Å². The molecule has 2 rings (SSSR count). The van der Waals surface area contributed by atoms with Crippen LogP contribution in [0.1, 0.15) is 51.5 Å². The monoisotopic (exact) mass is 261 g/mol. The molecule has 2 nitrogen and oxygen atoms in total. The van der Waals surface area contributed by atoms with Gasteiger partial charge in [0.2, 0.25) is 0 Å². The molecule has 2 heteroatoms. The maximum absolute atomic E-state index is 6.00. The van der Waals surface area contributed by atoms with Gasteiger partial charge in [-0.1, -0.05) is 26.0 Å². The Morgan fingerprint density at radius 2 is 1.79 bits per heavy atom. The highest BCUT2D eigenvalue weighted by molar-refractivity contribution is 5.39. The summed E-state index contributed by atoms with van der Waals surface area (Å²) in [5.74, 6) is 0. The molecule has 0 unspecified atom stereocenters. The van der Waals surface area contributed by atoms with Gasteiger partial charge >= 0.3 is 0 Å². The van der Waals surface area contributed by atoms with E-state index >= 15 is 0 Å². The van der Waals surface area contributed by atoms with Crippen molar-refractivity contribution < 1.29 is 4.74 Å². The van der Waals surface area contributed by atoms with E-state index in [-0.39, 0.29) is 0 Å². The molecule has 0 aliphatic heterocycles. The fraction of sp³-hybridized carbons (Fsp3) is 0.647. The number of nitrogens with two attached hydrogens (primary N) is 1. The van der Waals surface area contributed by atoms with Gasteiger partial charge in [0.05, 0.1) is 6.10 Å². The van der Waals surface area contributed by atoms with Crippen molar-refractivity contribution in [3.8, 4) is 0 Å². The van der Waals surface area contributed by atoms with Crippen LogP contribution in [-0.4, -0.2) is 12.7 Å². The Kier molecular flexibility index (Phi) is 4.87. The predicted octanol–water partition coefficient (Wildman–Crippen LogP) is 4.19. The highest BCUT2D eigenvalue weighted by Gasteiger charge is 2.26. The molecule has 0 amide bonds. The first-order valence-corrected chi connectivity index (χ1v) is 7.51. The normalized spacial score (nSPS) is 19.5. The lowest BCUT2D eigenvalue weighted by atomic mass is 9.76. The molecule has 106 valence electrons. The molecule has 1 aliphatic rings. The quantitative estimate of drug-likeness (QED) is 0.637. The fourth-order valence-corrected chi connectivity index (χ4v) is 2.75. The lowest BCUT2D eigenvalue weighted by Gasteiger charge is -2.34. The predicted molar refractivity (Wildman–Crippen MR) is 81.2 cm³/mol. The Hall–Kier alpha value is -1.02. The summed E-state index contributed by atoms with van der Waals surface area (Å²) in [6.07, 6.45) is 7.75. The average Bonchev–Trinajstić information content (AvgIpc) is 2.38. The molecule has 0 atom stereocenters. The fourth-order valence-electron chi connectivity index (χ4n) is 2.75. The van der Waals surface area contributed by atoms with E-state index < -0.39 is 0 Å². The van der Waals surface area contributed by atoms with Gasteiger partial charge in [0.15, 0.2) is 0 Å². The van der Waals surface area contributed by atoms with E-state index in [2.05, 4.69) is 26.0 Å². The number of hydrogen-bond donors (Lipinski definition) is 1. The van der Waals surface area contributed by atoms with Gasteiger partial charge in [-0.25, -0.2) is 0 Å². The first-order chi connectivity index (χ1) is 9.05. The topological polar surface area (TPSA) is 35.2 Å². The minimum atomic E-state index is 0.499. The molecule has 1 aromatic rings. The van der Waals surface area contributed by atoms with E-state index in [1.165, 1.54) is 31.2 Å². The molecule has 19 heavy (non-hydrogen) atoms. The smallest absolute Gasteiger partial charge is 0.0575 e. The number of hydrogen-bond acceptors (Lipinski definition) is 2. The van der Waals surface area contributed by atoms with Crippen LogP contribution < -0.4 is 5.73 Å². The molecular formula is C17H27NO. The molecule has 1 fully saturated rings. The van der Waals surface area contributed by atoms with Crippen molar-refractivity contribution in [1.29, 1.82) is 0 Å². The molecule has 1 saturated carbocycles.